The number of H-pyrrole nitrogens is 1. The van der Waals surface area contributed by atoms with E-state index < -0.39 is 0 Å². The fourth-order valence-corrected chi connectivity index (χ4v) is 7.80. The van der Waals surface area contributed by atoms with Crippen LogP contribution < -0.4 is 10.6 Å². The molecule has 3 aromatic rings. The smallest absolute Gasteiger partial charge is 0.230 e. The Balaban J connectivity index is 1.29. The maximum atomic E-state index is 13.8. The van der Waals surface area contributed by atoms with Crippen LogP contribution >= 0.6 is 0 Å². The van der Waals surface area contributed by atoms with Crippen molar-refractivity contribution >= 4 is 34.1 Å². The van der Waals surface area contributed by atoms with E-state index in [2.05, 4.69) is 68.4 Å². The van der Waals surface area contributed by atoms with Crippen LogP contribution in [0.15, 0.2) is 48.5 Å². The third kappa shape index (κ3) is 6.29. The minimum Gasteiger partial charge on any atom is -0.355 e. The third-order valence-corrected chi connectivity index (χ3v) is 9.35. The number of aromatic amines is 1. The Hall–Kier alpha value is -3.08. The molecule has 2 aliphatic rings. The van der Waals surface area contributed by atoms with Crippen LogP contribution in [-0.4, -0.2) is 16.8 Å². The van der Waals surface area contributed by atoms with E-state index in [0.717, 1.165) is 72.1 Å². The molecule has 3 N–H and O–H groups in total. The number of fused-ring (bicyclic) bond motifs is 1. The predicted molar refractivity (Wildman–Crippen MR) is 166 cm³/mol. The number of hydrogen-bond donors (Lipinski definition) is 3. The molecule has 0 radical (unpaired) electrons. The minimum atomic E-state index is -0.296. The van der Waals surface area contributed by atoms with E-state index in [4.69, 9.17) is 0 Å². The van der Waals surface area contributed by atoms with Crippen molar-refractivity contribution in [1.29, 1.82) is 0 Å². The zero-order valence-corrected chi connectivity index (χ0v) is 25.0. The molecule has 0 aliphatic heterocycles. The molecule has 2 aliphatic carbocycles. The first kappa shape index (κ1) is 28.4. The van der Waals surface area contributed by atoms with Crippen LogP contribution in [0.3, 0.4) is 0 Å². The molecule has 0 bridgehead atoms. The molecule has 4 atom stereocenters. The lowest BCUT2D eigenvalue weighted by Crippen LogP contribution is -2.43. The monoisotopic (exact) mass is 541 g/mol. The van der Waals surface area contributed by atoms with Crippen molar-refractivity contribution in [3.05, 3.63) is 48.5 Å². The molecule has 4 unspecified atom stereocenters. The maximum Gasteiger partial charge on any atom is 0.230 e. The average molecular weight is 542 g/mol. The largest absolute Gasteiger partial charge is 0.355 e. The summed E-state index contributed by atoms with van der Waals surface area (Å²) in [6, 6.07) is 16.3. The minimum absolute atomic E-state index is 0.113. The van der Waals surface area contributed by atoms with Gasteiger partial charge in [-0.15, -0.1) is 0 Å². The molecule has 0 saturated heterocycles. The number of carbonyl (C=O) groups excluding carboxylic acids is 2. The Bertz CT molecular complexity index is 1320. The van der Waals surface area contributed by atoms with Crippen molar-refractivity contribution in [1.82, 2.24) is 4.98 Å². The quantitative estimate of drug-likeness (QED) is 0.279. The number of rotatable bonds is 7. The van der Waals surface area contributed by atoms with Gasteiger partial charge in [-0.05, 0) is 104 Å². The number of amides is 2. The molecule has 40 heavy (non-hydrogen) atoms. The molecule has 5 rings (SSSR count). The Morgan fingerprint density at radius 3 is 2.25 bits per heavy atom. The zero-order valence-electron chi connectivity index (χ0n) is 25.0. The number of anilines is 2. The first-order valence-electron chi connectivity index (χ1n) is 15.5. The van der Waals surface area contributed by atoms with Crippen LogP contribution in [0.5, 0.6) is 0 Å². The van der Waals surface area contributed by atoms with Gasteiger partial charge in [0.05, 0.1) is 5.41 Å². The fraction of sp³-hybridized carbons (Fsp3) is 0.543. The molecule has 214 valence electrons. The highest BCUT2D eigenvalue weighted by atomic mass is 16.2. The molecular formula is C35H47N3O2. The van der Waals surface area contributed by atoms with Crippen LogP contribution in [0.1, 0.15) is 86.0 Å². The molecule has 2 amide bonds. The number of benzene rings is 2. The third-order valence-electron chi connectivity index (χ3n) is 9.35. The Kier molecular flexibility index (Phi) is 8.39. The number of carbonyl (C=O) groups is 2. The van der Waals surface area contributed by atoms with Gasteiger partial charge in [-0.25, -0.2) is 0 Å². The van der Waals surface area contributed by atoms with Crippen molar-refractivity contribution in [2.75, 3.05) is 10.6 Å². The fourth-order valence-electron chi connectivity index (χ4n) is 7.80. The van der Waals surface area contributed by atoms with Crippen molar-refractivity contribution in [3.63, 3.8) is 0 Å². The lowest BCUT2D eigenvalue weighted by molar-refractivity contribution is -0.130. The van der Waals surface area contributed by atoms with Crippen LogP contribution in [0.4, 0.5) is 11.4 Å². The molecule has 2 fully saturated rings. The lowest BCUT2D eigenvalue weighted by atomic mass is 9.62. The molecule has 1 aromatic heterocycles. The van der Waals surface area contributed by atoms with Gasteiger partial charge in [0.1, 0.15) is 0 Å². The van der Waals surface area contributed by atoms with Gasteiger partial charge in [-0.1, -0.05) is 59.6 Å². The van der Waals surface area contributed by atoms with Crippen molar-refractivity contribution in [2.45, 2.75) is 86.0 Å². The van der Waals surface area contributed by atoms with Crippen molar-refractivity contribution in [3.8, 4) is 11.3 Å². The summed E-state index contributed by atoms with van der Waals surface area (Å²) in [4.78, 5) is 30.1. The van der Waals surface area contributed by atoms with E-state index in [1.54, 1.807) is 0 Å². The molecule has 0 spiro atoms. The summed E-state index contributed by atoms with van der Waals surface area (Å²) in [6.07, 6.45) is 8.57. The van der Waals surface area contributed by atoms with Gasteiger partial charge in [-0.2, -0.15) is 0 Å². The van der Waals surface area contributed by atoms with Crippen LogP contribution in [-0.2, 0) is 9.59 Å². The lowest BCUT2D eigenvalue weighted by Gasteiger charge is -2.42. The second kappa shape index (κ2) is 11.8. The molecule has 5 heteroatoms. The average Bonchev–Trinajstić information content (AvgIpc) is 3.32. The zero-order chi connectivity index (χ0) is 28.4. The summed E-state index contributed by atoms with van der Waals surface area (Å²) in [6.45, 7) is 11.2. The summed E-state index contributed by atoms with van der Waals surface area (Å²) in [5, 5.41) is 7.50. The molecule has 2 saturated carbocycles. The van der Waals surface area contributed by atoms with Crippen LogP contribution in [0.25, 0.3) is 22.2 Å². The SMILES string of the molecule is CC(C)CC1(C(=O)Nc2ccc3[nH]c(-c4ccc(NC(=O)C5CCCCC5C)cc4)cc3c2)CC(C)CC(C)C1. The number of nitrogens with one attached hydrogen (secondary N) is 3. The summed E-state index contributed by atoms with van der Waals surface area (Å²) >= 11 is 0. The molecule has 2 aromatic carbocycles. The Morgan fingerprint density at radius 1 is 0.900 bits per heavy atom. The normalized spacial score (nSPS) is 27.1. The van der Waals surface area contributed by atoms with Crippen molar-refractivity contribution in [2.24, 2.45) is 35.0 Å². The number of hydrogen-bond acceptors (Lipinski definition) is 2. The first-order valence-corrected chi connectivity index (χ1v) is 15.5. The van der Waals surface area contributed by atoms with Gasteiger partial charge >= 0.3 is 0 Å². The summed E-state index contributed by atoms with van der Waals surface area (Å²) in [5.74, 6) is 2.50. The van der Waals surface area contributed by atoms with Gasteiger partial charge < -0.3 is 15.6 Å². The highest BCUT2D eigenvalue weighted by molar-refractivity contribution is 5.98. The van der Waals surface area contributed by atoms with E-state index in [1.165, 1.54) is 12.8 Å². The van der Waals surface area contributed by atoms with Gasteiger partial charge in [-0.3, -0.25) is 9.59 Å². The van der Waals surface area contributed by atoms with Gasteiger partial charge in [0.25, 0.3) is 0 Å². The van der Waals surface area contributed by atoms with E-state index in [1.807, 2.05) is 30.3 Å². The second-order valence-corrected chi connectivity index (χ2v) is 13.6. The summed E-state index contributed by atoms with van der Waals surface area (Å²) < 4.78 is 0. The van der Waals surface area contributed by atoms with Gasteiger partial charge in [0.15, 0.2) is 0 Å². The second-order valence-electron chi connectivity index (χ2n) is 13.6. The van der Waals surface area contributed by atoms with Crippen LogP contribution in [0.2, 0.25) is 0 Å². The molecule has 1 heterocycles. The molecule has 5 nitrogen and oxygen atoms in total. The standard InChI is InChI=1S/C35H47N3O2/c1-22(2)19-35(20-23(3)16-24(4)21-35)34(40)37-29-14-15-31-27(17-29)18-32(38-31)26-10-12-28(13-11-26)36-33(39)30-9-7-6-8-25(30)5/h10-15,17-18,22-25,30,38H,6-9,16,19-21H2,1-5H3,(H,36,39)(H,37,40). The highest BCUT2D eigenvalue weighted by Gasteiger charge is 2.44. The maximum absolute atomic E-state index is 13.8. The Morgan fingerprint density at radius 2 is 1.57 bits per heavy atom. The van der Waals surface area contributed by atoms with E-state index >= 15 is 0 Å². The summed E-state index contributed by atoms with van der Waals surface area (Å²) in [5.41, 5.74) is 4.51. The molecular weight excluding hydrogens is 494 g/mol. The van der Waals surface area contributed by atoms with E-state index in [9.17, 15) is 9.59 Å². The van der Waals surface area contributed by atoms with Crippen molar-refractivity contribution < 1.29 is 9.59 Å². The number of aromatic nitrogens is 1. The van der Waals surface area contributed by atoms with Crippen LogP contribution in [0, 0.1) is 35.0 Å². The van der Waals surface area contributed by atoms with E-state index in [0.29, 0.717) is 23.7 Å². The van der Waals surface area contributed by atoms with Gasteiger partial charge in [0.2, 0.25) is 11.8 Å². The predicted octanol–water partition coefficient (Wildman–Crippen LogP) is 9.03. The highest BCUT2D eigenvalue weighted by Crippen LogP contribution is 2.47. The topological polar surface area (TPSA) is 74.0 Å². The summed E-state index contributed by atoms with van der Waals surface area (Å²) in [7, 11) is 0. The Labute approximate surface area is 239 Å². The van der Waals surface area contributed by atoms with Gasteiger partial charge in [0, 0.05) is 33.9 Å². The first-order chi connectivity index (χ1) is 19.1. The van der Waals surface area contributed by atoms with E-state index in [-0.39, 0.29) is 23.1 Å².